The van der Waals surface area contributed by atoms with Gasteiger partial charge in [0.1, 0.15) is 0 Å². The van der Waals surface area contributed by atoms with Crippen molar-refractivity contribution >= 4 is 5.97 Å². The third kappa shape index (κ3) is 1.07. The van der Waals surface area contributed by atoms with Crippen molar-refractivity contribution in [3.8, 4) is 6.07 Å². The lowest BCUT2D eigenvalue weighted by atomic mass is 9.98. The van der Waals surface area contributed by atoms with Crippen LogP contribution < -0.4 is 0 Å². The van der Waals surface area contributed by atoms with Gasteiger partial charge in [0.2, 0.25) is 0 Å². The van der Waals surface area contributed by atoms with Crippen LogP contribution in [0, 0.1) is 28.1 Å². The number of nitrogens with zero attached hydrogens (tertiary/aromatic N) is 1. The molecule has 1 rings (SSSR count). The second kappa shape index (κ2) is 2.84. The van der Waals surface area contributed by atoms with Crippen molar-refractivity contribution in [3.63, 3.8) is 0 Å². The summed E-state index contributed by atoms with van der Waals surface area (Å²) in [5, 5.41) is 18.1. The molecule has 0 spiro atoms. The van der Waals surface area contributed by atoms with Crippen molar-refractivity contribution < 1.29 is 9.90 Å². The minimum Gasteiger partial charge on any atom is -0.480 e. The van der Waals surface area contributed by atoms with Crippen LogP contribution in [0.25, 0.3) is 0 Å². The molecule has 76 valence electrons. The number of carboxylic acid groups (broad SMARTS) is 1. The molecule has 0 aromatic carbocycles. The van der Waals surface area contributed by atoms with Gasteiger partial charge in [-0.3, -0.25) is 4.79 Å². The maximum absolute atomic E-state index is 11.1. The highest BCUT2D eigenvalue weighted by molar-refractivity contribution is 5.85. The third-order valence-corrected chi connectivity index (χ3v) is 3.19. The minimum absolute atomic E-state index is 0.164. The molecule has 2 atom stereocenters. The summed E-state index contributed by atoms with van der Waals surface area (Å²) < 4.78 is 0. The van der Waals surface area contributed by atoms with Crippen molar-refractivity contribution in [2.45, 2.75) is 27.7 Å². The molecule has 0 amide bonds. The molecule has 0 aromatic heterocycles. The van der Waals surface area contributed by atoms with Crippen LogP contribution in [0.4, 0.5) is 0 Å². The zero-order valence-corrected chi connectivity index (χ0v) is 8.96. The lowest BCUT2D eigenvalue weighted by Gasteiger charge is -2.03. The average Bonchev–Trinajstić information content (AvgIpc) is 2.48. The molecular formula is C11H15NO2. The van der Waals surface area contributed by atoms with E-state index in [4.69, 9.17) is 10.4 Å². The topological polar surface area (TPSA) is 61.1 Å². The van der Waals surface area contributed by atoms with Crippen LogP contribution in [0.2, 0.25) is 0 Å². The lowest BCUT2D eigenvalue weighted by molar-refractivity contribution is -0.142. The Morgan fingerprint density at radius 1 is 1.50 bits per heavy atom. The second-order valence-corrected chi connectivity index (χ2v) is 4.67. The van der Waals surface area contributed by atoms with Gasteiger partial charge >= 0.3 is 5.97 Å². The Bertz CT molecular complexity index is 345. The molecule has 1 fully saturated rings. The highest BCUT2D eigenvalue weighted by Gasteiger charge is 2.76. The molecule has 3 heteroatoms. The molecule has 14 heavy (non-hydrogen) atoms. The SMILES string of the molecule is CC(C)=CC1C(C)(C)C1(C#N)C(=O)O. The van der Waals surface area contributed by atoms with E-state index in [-0.39, 0.29) is 5.92 Å². The number of allylic oxidation sites excluding steroid dienone is 2. The molecule has 0 heterocycles. The fourth-order valence-corrected chi connectivity index (χ4v) is 2.14. The Morgan fingerprint density at radius 2 is 2.00 bits per heavy atom. The maximum atomic E-state index is 11.1. The van der Waals surface area contributed by atoms with Crippen LogP contribution in [0.5, 0.6) is 0 Å². The number of nitriles is 1. The van der Waals surface area contributed by atoms with Crippen LogP contribution in [-0.4, -0.2) is 11.1 Å². The van der Waals surface area contributed by atoms with E-state index in [1.165, 1.54) is 0 Å². The highest BCUT2D eigenvalue weighted by atomic mass is 16.4. The summed E-state index contributed by atoms with van der Waals surface area (Å²) >= 11 is 0. The maximum Gasteiger partial charge on any atom is 0.325 e. The van der Waals surface area contributed by atoms with Crippen molar-refractivity contribution in [2.75, 3.05) is 0 Å². The largest absolute Gasteiger partial charge is 0.480 e. The first-order chi connectivity index (χ1) is 6.30. The summed E-state index contributed by atoms with van der Waals surface area (Å²) in [6.45, 7) is 7.49. The zero-order valence-electron chi connectivity index (χ0n) is 8.96. The molecule has 1 aliphatic rings. The molecule has 1 N–H and O–H groups in total. The van der Waals surface area contributed by atoms with E-state index in [9.17, 15) is 4.79 Å². The number of aliphatic carboxylic acids is 1. The van der Waals surface area contributed by atoms with Crippen LogP contribution in [-0.2, 0) is 4.79 Å². The fraction of sp³-hybridized carbons (Fsp3) is 0.636. The second-order valence-electron chi connectivity index (χ2n) is 4.67. The van der Waals surface area contributed by atoms with Gasteiger partial charge in [0.05, 0.1) is 6.07 Å². The fourth-order valence-electron chi connectivity index (χ4n) is 2.14. The molecular weight excluding hydrogens is 178 g/mol. The molecule has 3 nitrogen and oxygen atoms in total. The van der Waals surface area contributed by atoms with Gasteiger partial charge in [-0.05, 0) is 13.8 Å². The number of carbonyl (C=O) groups is 1. The quantitative estimate of drug-likeness (QED) is 0.684. The predicted octanol–water partition coefficient (Wildman–Crippen LogP) is 2.20. The van der Waals surface area contributed by atoms with Crippen molar-refractivity contribution in [1.29, 1.82) is 5.26 Å². The summed E-state index contributed by atoms with van der Waals surface area (Å²) in [5.74, 6) is -1.17. The van der Waals surface area contributed by atoms with Crippen LogP contribution >= 0.6 is 0 Å². The van der Waals surface area contributed by atoms with Crippen molar-refractivity contribution in [3.05, 3.63) is 11.6 Å². The molecule has 0 radical (unpaired) electrons. The Morgan fingerprint density at radius 3 is 2.21 bits per heavy atom. The van der Waals surface area contributed by atoms with Crippen molar-refractivity contribution in [2.24, 2.45) is 16.7 Å². The molecule has 1 saturated carbocycles. The van der Waals surface area contributed by atoms with E-state index >= 15 is 0 Å². The van der Waals surface area contributed by atoms with Gasteiger partial charge in [-0.1, -0.05) is 25.5 Å². The van der Waals surface area contributed by atoms with Crippen LogP contribution in [0.15, 0.2) is 11.6 Å². The molecule has 0 aliphatic heterocycles. The molecule has 2 unspecified atom stereocenters. The van der Waals surface area contributed by atoms with E-state index in [0.717, 1.165) is 5.57 Å². The average molecular weight is 193 g/mol. The Labute approximate surface area is 84.0 Å². The normalized spacial score (nSPS) is 32.9. The first kappa shape index (κ1) is 10.8. The number of rotatable bonds is 2. The summed E-state index contributed by atoms with van der Waals surface area (Å²) in [4.78, 5) is 11.1. The van der Waals surface area contributed by atoms with Crippen LogP contribution in [0.1, 0.15) is 27.7 Å². The van der Waals surface area contributed by atoms with Crippen molar-refractivity contribution in [1.82, 2.24) is 0 Å². The summed E-state index contributed by atoms with van der Waals surface area (Å²) in [6, 6.07) is 1.95. The van der Waals surface area contributed by atoms with Gasteiger partial charge in [0.25, 0.3) is 0 Å². The summed E-state index contributed by atoms with van der Waals surface area (Å²) in [6.07, 6.45) is 1.89. The molecule has 0 saturated heterocycles. The molecule has 0 aromatic rings. The van der Waals surface area contributed by atoms with Gasteiger partial charge < -0.3 is 5.11 Å². The molecule has 0 bridgehead atoms. The zero-order chi connectivity index (χ0) is 11.1. The van der Waals surface area contributed by atoms with Gasteiger partial charge in [-0.2, -0.15) is 5.26 Å². The van der Waals surface area contributed by atoms with E-state index in [0.29, 0.717) is 0 Å². The monoisotopic (exact) mass is 193 g/mol. The molecule has 1 aliphatic carbocycles. The van der Waals surface area contributed by atoms with Gasteiger partial charge in [-0.25, -0.2) is 0 Å². The number of hydrogen-bond donors (Lipinski definition) is 1. The van der Waals surface area contributed by atoms with E-state index in [2.05, 4.69) is 0 Å². The Balaban J connectivity index is 3.12. The standard InChI is InChI=1S/C11H15NO2/c1-7(2)5-8-10(3,4)11(8,6-12)9(13)14/h5,8H,1-4H3,(H,13,14). The number of hydrogen-bond acceptors (Lipinski definition) is 2. The third-order valence-electron chi connectivity index (χ3n) is 3.19. The van der Waals surface area contributed by atoms with Gasteiger partial charge in [0, 0.05) is 11.3 Å². The summed E-state index contributed by atoms with van der Waals surface area (Å²) in [5.41, 5.74) is -0.615. The smallest absolute Gasteiger partial charge is 0.325 e. The Kier molecular flexibility index (Phi) is 2.19. The highest BCUT2D eigenvalue weighted by Crippen LogP contribution is 2.69. The Hall–Kier alpha value is -1.30. The lowest BCUT2D eigenvalue weighted by Crippen LogP contribution is -2.19. The van der Waals surface area contributed by atoms with Crippen LogP contribution in [0.3, 0.4) is 0 Å². The van der Waals surface area contributed by atoms with E-state index in [1.54, 1.807) is 0 Å². The predicted molar refractivity (Wildman–Crippen MR) is 52.4 cm³/mol. The van der Waals surface area contributed by atoms with Gasteiger partial charge in [0.15, 0.2) is 5.41 Å². The first-order valence-electron chi connectivity index (χ1n) is 4.60. The van der Waals surface area contributed by atoms with E-state index < -0.39 is 16.8 Å². The number of carboxylic acids is 1. The first-order valence-corrected chi connectivity index (χ1v) is 4.60. The van der Waals surface area contributed by atoms with Gasteiger partial charge in [-0.15, -0.1) is 0 Å². The minimum atomic E-state index is -1.22. The van der Waals surface area contributed by atoms with E-state index in [1.807, 2.05) is 39.8 Å². The summed E-state index contributed by atoms with van der Waals surface area (Å²) in [7, 11) is 0.